The number of nitriles is 1. The third-order valence-electron chi connectivity index (χ3n) is 1.65. The van der Waals surface area contributed by atoms with Gasteiger partial charge in [-0.1, -0.05) is 11.8 Å². The van der Waals surface area contributed by atoms with Gasteiger partial charge in [-0.25, -0.2) is 0 Å². The van der Waals surface area contributed by atoms with Crippen LogP contribution in [0, 0.1) is 23.2 Å². The monoisotopic (exact) mass is 200 g/mol. The van der Waals surface area contributed by atoms with Crippen molar-refractivity contribution in [3.63, 3.8) is 0 Å². The van der Waals surface area contributed by atoms with Gasteiger partial charge in [-0.05, 0) is 18.2 Å². The van der Waals surface area contributed by atoms with Crippen molar-refractivity contribution >= 4 is 11.7 Å². The minimum absolute atomic E-state index is 0.216. The van der Waals surface area contributed by atoms with Crippen molar-refractivity contribution in [2.75, 3.05) is 5.73 Å². The fourth-order valence-corrected chi connectivity index (χ4v) is 0.953. The molecule has 0 saturated carbocycles. The zero-order valence-electron chi connectivity index (χ0n) is 7.82. The number of nitrogen functional groups attached to an aromatic ring is 1. The zero-order chi connectivity index (χ0) is 11.3. The topological polar surface area (TPSA) is 87.1 Å². The van der Waals surface area contributed by atoms with E-state index in [0.717, 1.165) is 0 Å². The Kier molecular flexibility index (Phi) is 3.32. The largest absolute Gasteiger partial charge is 0.481 e. The molecule has 4 heteroatoms. The van der Waals surface area contributed by atoms with E-state index in [0.29, 0.717) is 16.8 Å². The van der Waals surface area contributed by atoms with Gasteiger partial charge >= 0.3 is 5.97 Å². The summed E-state index contributed by atoms with van der Waals surface area (Å²) in [5.41, 5.74) is 6.83. The molecule has 3 N–H and O–H groups in total. The van der Waals surface area contributed by atoms with Gasteiger partial charge in [0.25, 0.3) is 0 Å². The highest BCUT2D eigenvalue weighted by Crippen LogP contribution is 2.11. The van der Waals surface area contributed by atoms with Crippen molar-refractivity contribution in [3.8, 4) is 17.9 Å². The fraction of sp³-hybridized carbons (Fsp3) is 0.0909. The number of carboxylic acids is 1. The molecule has 0 saturated heterocycles. The smallest absolute Gasteiger partial charge is 0.315 e. The van der Waals surface area contributed by atoms with E-state index in [1.165, 1.54) is 6.07 Å². The number of carbonyl (C=O) groups is 1. The molecule has 1 aromatic rings. The summed E-state index contributed by atoms with van der Waals surface area (Å²) in [4.78, 5) is 10.2. The van der Waals surface area contributed by atoms with Crippen LogP contribution < -0.4 is 5.73 Å². The van der Waals surface area contributed by atoms with Crippen LogP contribution in [0.5, 0.6) is 0 Å². The number of nitrogens with two attached hydrogens (primary N) is 1. The fourth-order valence-electron chi connectivity index (χ4n) is 0.953. The van der Waals surface area contributed by atoms with E-state index >= 15 is 0 Å². The highest BCUT2D eigenvalue weighted by Gasteiger charge is 1.97. The molecule has 0 aromatic heterocycles. The number of hydrogen-bond acceptors (Lipinski definition) is 3. The molecule has 0 heterocycles. The number of rotatable bonds is 1. The highest BCUT2D eigenvalue weighted by molar-refractivity contribution is 5.70. The Morgan fingerprint density at radius 2 is 2.27 bits per heavy atom. The Morgan fingerprint density at radius 1 is 1.53 bits per heavy atom. The van der Waals surface area contributed by atoms with Crippen molar-refractivity contribution in [2.24, 2.45) is 0 Å². The molecule has 0 atom stereocenters. The van der Waals surface area contributed by atoms with Crippen molar-refractivity contribution in [3.05, 3.63) is 29.3 Å². The number of carboxylic acid groups (broad SMARTS) is 1. The van der Waals surface area contributed by atoms with Gasteiger partial charge in [0.2, 0.25) is 0 Å². The maximum absolute atomic E-state index is 10.2. The van der Waals surface area contributed by atoms with E-state index in [1.54, 1.807) is 12.1 Å². The lowest BCUT2D eigenvalue weighted by atomic mass is 10.1. The Balaban J connectivity index is 2.92. The summed E-state index contributed by atoms with van der Waals surface area (Å²) in [5, 5.41) is 17.0. The third-order valence-corrected chi connectivity index (χ3v) is 1.65. The third kappa shape index (κ3) is 3.06. The molecule has 0 unspecified atom stereocenters. The molecular weight excluding hydrogens is 192 g/mol. The molecule has 0 aliphatic carbocycles. The Labute approximate surface area is 86.9 Å². The van der Waals surface area contributed by atoms with Gasteiger partial charge in [0.05, 0.1) is 5.56 Å². The summed E-state index contributed by atoms with van der Waals surface area (Å²) in [5.74, 6) is 4.14. The molecule has 4 nitrogen and oxygen atoms in total. The van der Waals surface area contributed by atoms with E-state index in [4.69, 9.17) is 16.1 Å². The second kappa shape index (κ2) is 4.69. The second-order valence-electron chi connectivity index (χ2n) is 2.79. The first-order chi connectivity index (χ1) is 7.13. The number of nitrogens with zero attached hydrogens (tertiary/aromatic N) is 1. The van der Waals surface area contributed by atoms with Crippen LogP contribution in [0.3, 0.4) is 0 Å². The molecule has 0 fully saturated rings. The van der Waals surface area contributed by atoms with E-state index < -0.39 is 5.97 Å². The van der Waals surface area contributed by atoms with Crippen LogP contribution in [0.2, 0.25) is 0 Å². The Bertz CT molecular complexity index is 490. The molecule has 1 rings (SSSR count). The first-order valence-corrected chi connectivity index (χ1v) is 4.14. The van der Waals surface area contributed by atoms with Crippen LogP contribution in [0.4, 0.5) is 5.69 Å². The van der Waals surface area contributed by atoms with Crippen molar-refractivity contribution in [2.45, 2.75) is 6.42 Å². The summed E-state index contributed by atoms with van der Waals surface area (Å²) in [6.07, 6.45) is -0.216. The van der Waals surface area contributed by atoms with Gasteiger partial charge in [0.15, 0.2) is 0 Å². The average molecular weight is 200 g/mol. The van der Waals surface area contributed by atoms with E-state index in [1.807, 2.05) is 6.07 Å². The Hall–Kier alpha value is -2.46. The van der Waals surface area contributed by atoms with Gasteiger partial charge in [-0.15, -0.1) is 0 Å². The molecule has 1 aromatic carbocycles. The quantitative estimate of drug-likeness (QED) is 0.522. The maximum atomic E-state index is 10.2. The molecular formula is C11H8N2O2. The zero-order valence-corrected chi connectivity index (χ0v) is 7.82. The first-order valence-electron chi connectivity index (χ1n) is 4.14. The highest BCUT2D eigenvalue weighted by atomic mass is 16.4. The summed E-state index contributed by atoms with van der Waals surface area (Å²) in [6, 6.07) is 6.67. The SMILES string of the molecule is N#Cc1cc(C#CCC(=O)O)ccc1N. The molecule has 0 spiro atoms. The molecule has 15 heavy (non-hydrogen) atoms. The molecule has 74 valence electrons. The summed E-state index contributed by atoms with van der Waals surface area (Å²) in [7, 11) is 0. The van der Waals surface area contributed by atoms with E-state index in [-0.39, 0.29) is 6.42 Å². The molecule has 0 bridgehead atoms. The van der Waals surface area contributed by atoms with Crippen LogP contribution >= 0.6 is 0 Å². The second-order valence-corrected chi connectivity index (χ2v) is 2.79. The van der Waals surface area contributed by atoms with Gasteiger partial charge in [0, 0.05) is 11.3 Å². The van der Waals surface area contributed by atoms with E-state index in [2.05, 4.69) is 11.8 Å². The van der Waals surface area contributed by atoms with Crippen molar-refractivity contribution in [1.82, 2.24) is 0 Å². The van der Waals surface area contributed by atoms with Crippen molar-refractivity contribution in [1.29, 1.82) is 5.26 Å². The molecule has 0 aliphatic heterocycles. The van der Waals surface area contributed by atoms with Crippen LogP contribution in [0.15, 0.2) is 18.2 Å². The maximum Gasteiger partial charge on any atom is 0.315 e. The van der Waals surface area contributed by atoms with Gasteiger partial charge < -0.3 is 10.8 Å². The molecule has 0 amide bonds. The van der Waals surface area contributed by atoms with Gasteiger partial charge in [-0.3, -0.25) is 4.79 Å². The minimum atomic E-state index is -0.974. The van der Waals surface area contributed by atoms with Gasteiger partial charge in [0.1, 0.15) is 12.5 Å². The van der Waals surface area contributed by atoms with Crippen LogP contribution in [-0.4, -0.2) is 11.1 Å². The van der Waals surface area contributed by atoms with Gasteiger partial charge in [-0.2, -0.15) is 5.26 Å². The predicted molar refractivity (Wildman–Crippen MR) is 54.7 cm³/mol. The molecule has 0 radical (unpaired) electrons. The van der Waals surface area contributed by atoms with Crippen molar-refractivity contribution < 1.29 is 9.90 Å². The standard InChI is InChI=1S/C11H8N2O2/c12-7-9-6-8(4-5-10(9)13)2-1-3-11(14)15/h4-6H,3,13H2,(H,14,15). The number of benzene rings is 1. The lowest BCUT2D eigenvalue weighted by molar-refractivity contribution is -0.135. The van der Waals surface area contributed by atoms with Crippen LogP contribution in [0.1, 0.15) is 17.5 Å². The first kappa shape index (κ1) is 10.6. The minimum Gasteiger partial charge on any atom is -0.481 e. The lowest BCUT2D eigenvalue weighted by Gasteiger charge is -1.96. The molecule has 0 aliphatic rings. The number of hydrogen-bond donors (Lipinski definition) is 2. The summed E-state index contributed by atoms with van der Waals surface area (Å²) < 4.78 is 0. The number of aliphatic carboxylic acids is 1. The van der Waals surface area contributed by atoms with E-state index in [9.17, 15) is 4.79 Å². The van der Waals surface area contributed by atoms with Crippen LogP contribution in [-0.2, 0) is 4.79 Å². The lowest BCUT2D eigenvalue weighted by Crippen LogP contribution is -1.92. The predicted octanol–water partition coefficient (Wildman–Crippen LogP) is 0.967. The average Bonchev–Trinajstić information content (AvgIpc) is 2.20. The summed E-state index contributed by atoms with van der Waals surface area (Å²) in [6.45, 7) is 0. The number of anilines is 1. The van der Waals surface area contributed by atoms with Crippen LogP contribution in [0.25, 0.3) is 0 Å². The normalized spacial score (nSPS) is 8.47. The summed E-state index contributed by atoms with van der Waals surface area (Å²) >= 11 is 0. The Morgan fingerprint density at radius 3 is 2.87 bits per heavy atom.